The first-order valence-electron chi connectivity index (χ1n) is 5.73. The van der Waals surface area contributed by atoms with Crippen LogP contribution >= 0.6 is 0 Å². The molecule has 0 bridgehead atoms. The smallest absolute Gasteiger partial charge is 0.388 e. The molecule has 5 heteroatoms. The maximum absolute atomic E-state index is 12.1. The Morgan fingerprint density at radius 3 is 3.06 bits per heavy atom. The first-order valence-corrected chi connectivity index (χ1v) is 5.73. The van der Waals surface area contributed by atoms with Crippen molar-refractivity contribution in [1.82, 2.24) is 4.98 Å². The van der Waals surface area contributed by atoms with Crippen LogP contribution in [-0.4, -0.2) is 23.9 Å². The summed E-state index contributed by atoms with van der Waals surface area (Å²) < 4.78 is 28.5. The van der Waals surface area contributed by atoms with Crippen molar-refractivity contribution in [2.24, 2.45) is 10.9 Å². The molecule has 0 saturated heterocycles. The molecule has 1 atom stereocenters. The van der Waals surface area contributed by atoms with Gasteiger partial charge in [0.1, 0.15) is 0 Å². The molecule has 0 unspecified atom stereocenters. The van der Waals surface area contributed by atoms with Crippen molar-refractivity contribution in [1.29, 1.82) is 0 Å². The molecule has 17 heavy (non-hydrogen) atoms. The van der Waals surface area contributed by atoms with Gasteiger partial charge in [-0.05, 0) is 25.3 Å². The van der Waals surface area contributed by atoms with E-state index in [0.717, 1.165) is 42.8 Å². The highest BCUT2D eigenvalue weighted by Gasteiger charge is 2.31. The third-order valence-corrected chi connectivity index (χ3v) is 3.25. The molecular formula is C12H12F2N2O. The van der Waals surface area contributed by atoms with Gasteiger partial charge in [0.15, 0.2) is 0 Å². The topological polar surface area (TPSA) is 34.5 Å². The van der Waals surface area contributed by atoms with Crippen LogP contribution in [0.5, 0.6) is 5.88 Å². The lowest BCUT2D eigenvalue weighted by Crippen LogP contribution is -2.15. The molecule has 0 amide bonds. The summed E-state index contributed by atoms with van der Waals surface area (Å²) in [5, 5.41) is 0. The van der Waals surface area contributed by atoms with Crippen LogP contribution in [0.4, 0.5) is 8.78 Å². The summed E-state index contributed by atoms with van der Waals surface area (Å²) in [6, 6.07) is 3.29. The van der Waals surface area contributed by atoms with E-state index >= 15 is 0 Å². The number of halogens is 2. The zero-order valence-corrected chi connectivity index (χ0v) is 9.20. The fraction of sp³-hybridized carbons (Fsp3) is 0.500. The van der Waals surface area contributed by atoms with Crippen LogP contribution in [0.15, 0.2) is 17.1 Å². The standard InChI is InChI=1S/C12H12F2N2O/c13-12(14)17-10-4-3-8-9(16-10)6-7-2-1-5-15-11(7)8/h3-4,7,12H,1-2,5-6H2/t7-/m0/s1. The van der Waals surface area contributed by atoms with Gasteiger partial charge in [-0.3, -0.25) is 4.99 Å². The molecule has 0 saturated carbocycles. The lowest BCUT2D eigenvalue weighted by molar-refractivity contribution is -0.0529. The molecule has 1 aliphatic carbocycles. The van der Waals surface area contributed by atoms with Gasteiger partial charge < -0.3 is 4.74 Å². The summed E-state index contributed by atoms with van der Waals surface area (Å²) in [5.41, 5.74) is 2.95. The van der Waals surface area contributed by atoms with E-state index in [1.165, 1.54) is 6.07 Å². The number of nitrogens with zero attached hydrogens (tertiary/aromatic N) is 2. The van der Waals surface area contributed by atoms with Crippen LogP contribution < -0.4 is 4.74 Å². The Kier molecular flexibility index (Phi) is 2.53. The lowest BCUT2D eigenvalue weighted by Gasteiger charge is -2.15. The minimum Gasteiger partial charge on any atom is -0.417 e. The molecule has 1 aromatic rings. The predicted molar refractivity (Wildman–Crippen MR) is 58.7 cm³/mol. The maximum atomic E-state index is 12.1. The molecule has 90 valence electrons. The van der Waals surface area contributed by atoms with Crippen LogP contribution in [-0.2, 0) is 6.42 Å². The van der Waals surface area contributed by atoms with Crippen molar-refractivity contribution < 1.29 is 13.5 Å². The van der Waals surface area contributed by atoms with E-state index in [2.05, 4.69) is 14.7 Å². The quantitative estimate of drug-likeness (QED) is 0.793. The second-order valence-electron chi connectivity index (χ2n) is 4.33. The van der Waals surface area contributed by atoms with Crippen molar-refractivity contribution in [3.63, 3.8) is 0 Å². The summed E-state index contributed by atoms with van der Waals surface area (Å²) in [5.74, 6) is 0.422. The van der Waals surface area contributed by atoms with Crippen molar-refractivity contribution in [3.8, 4) is 5.88 Å². The number of rotatable bonds is 2. The molecule has 0 aromatic carbocycles. The number of hydrogen-bond donors (Lipinski definition) is 0. The maximum Gasteiger partial charge on any atom is 0.388 e. The summed E-state index contributed by atoms with van der Waals surface area (Å²) in [6.45, 7) is -1.96. The van der Waals surface area contributed by atoms with E-state index in [9.17, 15) is 8.78 Å². The van der Waals surface area contributed by atoms with Gasteiger partial charge in [-0.1, -0.05) is 0 Å². The molecule has 0 spiro atoms. The number of aromatic nitrogens is 1. The fourth-order valence-corrected chi connectivity index (χ4v) is 2.57. The van der Waals surface area contributed by atoms with Gasteiger partial charge >= 0.3 is 6.61 Å². The number of fused-ring (bicyclic) bond motifs is 3. The van der Waals surface area contributed by atoms with E-state index in [1.807, 2.05) is 0 Å². The normalized spacial score (nSPS) is 22.1. The average molecular weight is 238 g/mol. The first kappa shape index (κ1) is 10.6. The van der Waals surface area contributed by atoms with Crippen LogP contribution in [0.25, 0.3) is 0 Å². The molecule has 2 heterocycles. The molecule has 1 aliphatic heterocycles. The molecule has 0 radical (unpaired) electrons. The Labute approximate surface area is 97.5 Å². The molecule has 1 aromatic heterocycles. The Morgan fingerprint density at radius 2 is 2.24 bits per heavy atom. The molecule has 3 nitrogen and oxygen atoms in total. The van der Waals surface area contributed by atoms with Crippen LogP contribution in [0.2, 0.25) is 0 Å². The number of pyridine rings is 1. The fourth-order valence-electron chi connectivity index (χ4n) is 2.57. The monoisotopic (exact) mass is 238 g/mol. The minimum atomic E-state index is -2.82. The van der Waals surface area contributed by atoms with Gasteiger partial charge in [0.25, 0.3) is 0 Å². The third kappa shape index (κ3) is 1.90. The number of hydrogen-bond acceptors (Lipinski definition) is 3. The molecule has 0 N–H and O–H groups in total. The molecule has 3 rings (SSSR count). The highest BCUT2D eigenvalue weighted by atomic mass is 19.3. The molecule has 2 aliphatic rings. The number of ether oxygens (including phenoxy) is 1. The van der Waals surface area contributed by atoms with Crippen LogP contribution in [0.3, 0.4) is 0 Å². The van der Waals surface area contributed by atoms with Crippen molar-refractivity contribution in [2.45, 2.75) is 25.9 Å². The Hall–Kier alpha value is -1.52. The van der Waals surface area contributed by atoms with E-state index in [-0.39, 0.29) is 5.88 Å². The lowest BCUT2D eigenvalue weighted by atomic mass is 9.96. The highest BCUT2D eigenvalue weighted by Crippen LogP contribution is 2.33. The first-order chi connectivity index (χ1) is 8.24. The Balaban J connectivity index is 1.92. The third-order valence-electron chi connectivity index (χ3n) is 3.25. The van der Waals surface area contributed by atoms with Crippen LogP contribution in [0.1, 0.15) is 24.1 Å². The van der Waals surface area contributed by atoms with Gasteiger partial charge in [0.2, 0.25) is 5.88 Å². The average Bonchev–Trinajstić information content (AvgIpc) is 2.65. The van der Waals surface area contributed by atoms with Gasteiger partial charge in [-0.2, -0.15) is 8.78 Å². The van der Waals surface area contributed by atoms with Gasteiger partial charge in [-0.25, -0.2) is 4.98 Å². The van der Waals surface area contributed by atoms with E-state index in [1.54, 1.807) is 6.07 Å². The van der Waals surface area contributed by atoms with Crippen molar-refractivity contribution in [3.05, 3.63) is 23.4 Å². The minimum absolute atomic E-state index is 0.00185. The van der Waals surface area contributed by atoms with Crippen LogP contribution in [0, 0.1) is 5.92 Å². The van der Waals surface area contributed by atoms with E-state index < -0.39 is 6.61 Å². The SMILES string of the molecule is FC(F)Oc1ccc2c(n1)C[C@@H]1CCCN=C21. The van der Waals surface area contributed by atoms with E-state index in [0.29, 0.717) is 5.92 Å². The highest BCUT2D eigenvalue weighted by molar-refractivity contribution is 6.06. The second-order valence-corrected chi connectivity index (χ2v) is 4.33. The zero-order chi connectivity index (χ0) is 11.8. The summed E-state index contributed by atoms with van der Waals surface area (Å²) in [4.78, 5) is 8.65. The second kappa shape index (κ2) is 4.05. The Morgan fingerprint density at radius 1 is 1.35 bits per heavy atom. The molecular weight excluding hydrogens is 226 g/mol. The van der Waals surface area contributed by atoms with E-state index in [4.69, 9.17) is 0 Å². The zero-order valence-electron chi connectivity index (χ0n) is 9.20. The Bertz CT molecular complexity index is 474. The molecule has 0 fully saturated rings. The van der Waals surface area contributed by atoms with Gasteiger partial charge in [0.05, 0.1) is 5.69 Å². The van der Waals surface area contributed by atoms with Crippen molar-refractivity contribution in [2.75, 3.05) is 6.54 Å². The summed E-state index contributed by atoms with van der Waals surface area (Å²) in [7, 11) is 0. The number of alkyl halides is 2. The summed E-state index contributed by atoms with van der Waals surface area (Å²) in [6.07, 6.45) is 3.01. The van der Waals surface area contributed by atoms with Gasteiger partial charge in [0, 0.05) is 29.8 Å². The number of aliphatic imine (C=N–C) groups is 1. The summed E-state index contributed by atoms with van der Waals surface area (Å²) >= 11 is 0. The largest absolute Gasteiger partial charge is 0.417 e. The van der Waals surface area contributed by atoms with Crippen molar-refractivity contribution >= 4 is 5.71 Å². The predicted octanol–water partition coefficient (Wildman–Crippen LogP) is 2.44. The van der Waals surface area contributed by atoms with Gasteiger partial charge in [-0.15, -0.1) is 0 Å².